The Bertz CT molecular complexity index is 669. The third-order valence-corrected chi connectivity index (χ3v) is 4.34. The van der Waals surface area contributed by atoms with Gasteiger partial charge in [-0.05, 0) is 12.1 Å². The zero-order valence-electron chi connectivity index (χ0n) is 13.4. The maximum Gasteiger partial charge on any atom is 0.179 e. The first-order valence-electron chi connectivity index (χ1n) is 7.82. The summed E-state index contributed by atoms with van der Waals surface area (Å²) in [5.41, 5.74) is 2.26. The van der Waals surface area contributed by atoms with E-state index in [1.807, 2.05) is 30.3 Å². The van der Waals surface area contributed by atoms with E-state index in [1.165, 1.54) is 5.69 Å². The van der Waals surface area contributed by atoms with Gasteiger partial charge in [0.25, 0.3) is 0 Å². The van der Waals surface area contributed by atoms with E-state index in [0.717, 1.165) is 37.4 Å². The van der Waals surface area contributed by atoms with Crippen LogP contribution in [-0.4, -0.2) is 33.4 Å². The standard InChI is InChI=1S/C20H21NO2/c1-3-20(22-2,17-7-5-4-6-8-17)18-9-11-19(12-10-18)21-13-15-23-16-14-21/h1,4-12H,13-16H2,2H3. The van der Waals surface area contributed by atoms with Gasteiger partial charge in [0, 0.05) is 37.0 Å². The van der Waals surface area contributed by atoms with Gasteiger partial charge in [-0.3, -0.25) is 0 Å². The van der Waals surface area contributed by atoms with Crippen molar-refractivity contribution in [3.63, 3.8) is 0 Å². The number of benzene rings is 2. The molecule has 1 unspecified atom stereocenters. The van der Waals surface area contributed by atoms with Crippen molar-refractivity contribution in [3.05, 3.63) is 65.7 Å². The molecule has 1 heterocycles. The molecule has 0 aromatic heterocycles. The first-order valence-corrected chi connectivity index (χ1v) is 7.82. The summed E-state index contributed by atoms with van der Waals surface area (Å²) in [6, 6.07) is 18.2. The summed E-state index contributed by atoms with van der Waals surface area (Å²) >= 11 is 0. The van der Waals surface area contributed by atoms with E-state index >= 15 is 0 Å². The second-order valence-electron chi connectivity index (χ2n) is 5.54. The van der Waals surface area contributed by atoms with Gasteiger partial charge in [0.15, 0.2) is 5.60 Å². The molecule has 1 atom stereocenters. The van der Waals surface area contributed by atoms with Crippen molar-refractivity contribution in [1.29, 1.82) is 0 Å². The molecule has 0 radical (unpaired) electrons. The SMILES string of the molecule is C#CC(OC)(c1ccccc1)c1ccc(N2CCOCC2)cc1. The number of hydrogen-bond donors (Lipinski definition) is 0. The summed E-state index contributed by atoms with van der Waals surface area (Å²) in [4.78, 5) is 2.32. The highest BCUT2D eigenvalue weighted by Crippen LogP contribution is 2.33. The minimum atomic E-state index is -0.856. The monoisotopic (exact) mass is 307 g/mol. The molecule has 0 amide bonds. The van der Waals surface area contributed by atoms with E-state index < -0.39 is 5.60 Å². The number of hydrogen-bond acceptors (Lipinski definition) is 3. The number of terminal acetylenes is 1. The van der Waals surface area contributed by atoms with Crippen LogP contribution in [0.25, 0.3) is 0 Å². The molecule has 2 aromatic carbocycles. The fourth-order valence-electron chi connectivity index (χ4n) is 3.03. The number of methoxy groups -OCH3 is 1. The Labute approximate surface area is 137 Å². The van der Waals surface area contributed by atoms with Crippen LogP contribution in [-0.2, 0) is 15.1 Å². The van der Waals surface area contributed by atoms with Crippen LogP contribution in [0.3, 0.4) is 0 Å². The van der Waals surface area contributed by atoms with Gasteiger partial charge in [-0.25, -0.2) is 0 Å². The number of rotatable bonds is 4. The molecule has 3 heteroatoms. The van der Waals surface area contributed by atoms with Crippen LogP contribution in [0.4, 0.5) is 5.69 Å². The van der Waals surface area contributed by atoms with Gasteiger partial charge >= 0.3 is 0 Å². The number of anilines is 1. The summed E-state index contributed by atoms with van der Waals surface area (Å²) in [6.07, 6.45) is 5.86. The van der Waals surface area contributed by atoms with Gasteiger partial charge in [-0.1, -0.05) is 48.4 Å². The molecule has 1 aliphatic heterocycles. The van der Waals surface area contributed by atoms with Gasteiger partial charge < -0.3 is 14.4 Å². The van der Waals surface area contributed by atoms with E-state index in [0.29, 0.717) is 0 Å². The van der Waals surface area contributed by atoms with Crippen molar-refractivity contribution in [2.75, 3.05) is 38.3 Å². The smallest absolute Gasteiger partial charge is 0.179 e. The Morgan fingerprint density at radius 3 is 2.17 bits per heavy atom. The van der Waals surface area contributed by atoms with Gasteiger partial charge in [0.1, 0.15) is 0 Å². The van der Waals surface area contributed by atoms with E-state index in [4.69, 9.17) is 15.9 Å². The molecular formula is C20H21NO2. The molecule has 1 saturated heterocycles. The molecule has 0 spiro atoms. The van der Waals surface area contributed by atoms with Gasteiger partial charge in [0.2, 0.25) is 0 Å². The third kappa shape index (κ3) is 2.96. The summed E-state index contributed by atoms with van der Waals surface area (Å²) in [7, 11) is 1.66. The van der Waals surface area contributed by atoms with Crippen molar-refractivity contribution in [1.82, 2.24) is 0 Å². The summed E-state index contributed by atoms with van der Waals surface area (Å²) in [6.45, 7) is 3.39. The fraction of sp³-hybridized carbons (Fsp3) is 0.300. The fourth-order valence-corrected chi connectivity index (χ4v) is 3.03. The molecule has 0 bridgehead atoms. The summed E-state index contributed by atoms with van der Waals surface area (Å²) < 4.78 is 11.2. The molecule has 118 valence electrons. The normalized spacial score (nSPS) is 17.3. The maximum absolute atomic E-state index is 5.86. The predicted octanol–water partition coefficient (Wildman–Crippen LogP) is 3.05. The zero-order chi connectivity index (χ0) is 16.1. The molecule has 23 heavy (non-hydrogen) atoms. The van der Waals surface area contributed by atoms with Crippen LogP contribution in [0.5, 0.6) is 0 Å². The average molecular weight is 307 g/mol. The average Bonchev–Trinajstić information content (AvgIpc) is 2.65. The van der Waals surface area contributed by atoms with Crippen LogP contribution in [0.1, 0.15) is 11.1 Å². The van der Waals surface area contributed by atoms with E-state index in [-0.39, 0.29) is 0 Å². The zero-order valence-corrected chi connectivity index (χ0v) is 13.4. The second kappa shape index (κ2) is 6.87. The van der Waals surface area contributed by atoms with Crippen molar-refractivity contribution >= 4 is 5.69 Å². The van der Waals surface area contributed by atoms with Crippen molar-refractivity contribution in [2.24, 2.45) is 0 Å². The van der Waals surface area contributed by atoms with Crippen LogP contribution in [0.15, 0.2) is 54.6 Å². The molecule has 1 aliphatic rings. The lowest BCUT2D eigenvalue weighted by Crippen LogP contribution is -2.36. The number of nitrogens with zero attached hydrogens (tertiary/aromatic N) is 1. The highest BCUT2D eigenvalue weighted by atomic mass is 16.5. The van der Waals surface area contributed by atoms with Gasteiger partial charge in [0.05, 0.1) is 13.2 Å². The Hall–Kier alpha value is -2.28. The van der Waals surface area contributed by atoms with Crippen LogP contribution < -0.4 is 4.90 Å². The van der Waals surface area contributed by atoms with Crippen LogP contribution in [0, 0.1) is 12.3 Å². The van der Waals surface area contributed by atoms with Crippen LogP contribution >= 0.6 is 0 Å². The molecule has 0 saturated carbocycles. The van der Waals surface area contributed by atoms with Crippen LogP contribution in [0.2, 0.25) is 0 Å². The van der Waals surface area contributed by atoms with Crippen molar-refractivity contribution in [2.45, 2.75) is 5.60 Å². The van der Waals surface area contributed by atoms with Crippen molar-refractivity contribution in [3.8, 4) is 12.3 Å². The lowest BCUT2D eigenvalue weighted by atomic mass is 9.86. The van der Waals surface area contributed by atoms with Crippen molar-refractivity contribution < 1.29 is 9.47 Å². The number of morpholine rings is 1. The number of ether oxygens (including phenoxy) is 2. The van der Waals surface area contributed by atoms with Gasteiger partial charge in [-0.15, -0.1) is 6.42 Å². The second-order valence-corrected chi connectivity index (χ2v) is 5.54. The lowest BCUT2D eigenvalue weighted by molar-refractivity contribution is 0.0744. The Balaban J connectivity index is 1.93. The summed E-state index contributed by atoms with van der Waals surface area (Å²) in [5.74, 6) is 2.84. The molecule has 3 nitrogen and oxygen atoms in total. The highest BCUT2D eigenvalue weighted by molar-refractivity contribution is 5.52. The minimum Gasteiger partial charge on any atom is -0.378 e. The van der Waals surface area contributed by atoms with Gasteiger partial charge in [-0.2, -0.15) is 0 Å². The Morgan fingerprint density at radius 1 is 1.00 bits per heavy atom. The molecule has 0 aliphatic carbocycles. The molecule has 1 fully saturated rings. The topological polar surface area (TPSA) is 21.7 Å². The minimum absolute atomic E-state index is 0.776. The Kier molecular flexibility index (Phi) is 4.66. The van der Waals surface area contributed by atoms with E-state index in [2.05, 4.69) is 35.1 Å². The first-order chi connectivity index (χ1) is 11.3. The highest BCUT2D eigenvalue weighted by Gasteiger charge is 2.32. The summed E-state index contributed by atoms with van der Waals surface area (Å²) in [5, 5.41) is 0. The van der Waals surface area contributed by atoms with E-state index in [1.54, 1.807) is 7.11 Å². The third-order valence-electron chi connectivity index (χ3n) is 4.34. The molecule has 3 rings (SSSR count). The lowest BCUT2D eigenvalue weighted by Gasteiger charge is -2.31. The maximum atomic E-state index is 5.86. The molecule has 2 aromatic rings. The van der Waals surface area contributed by atoms with E-state index in [9.17, 15) is 0 Å². The molecular weight excluding hydrogens is 286 g/mol. The molecule has 0 N–H and O–H groups in total. The largest absolute Gasteiger partial charge is 0.378 e. The Morgan fingerprint density at radius 2 is 1.61 bits per heavy atom. The predicted molar refractivity (Wildman–Crippen MR) is 92.5 cm³/mol. The first kappa shape index (κ1) is 15.6. The quantitative estimate of drug-likeness (QED) is 0.810.